The number of amides is 1. The number of hydrogen-bond acceptors (Lipinski definition) is 6. The predicted octanol–water partition coefficient (Wildman–Crippen LogP) is 5.13. The van der Waals surface area contributed by atoms with Crippen molar-refractivity contribution in [3.8, 4) is 11.1 Å². The molecule has 0 unspecified atom stereocenters. The number of nitrogens with one attached hydrogen (secondary N) is 2. The highest BCUT2D eigenvalue weighted by Gasteiger charge is 2.15. The summed E-state index contributed by atoms with van der Waals surface area (Å²) in [5.41, 5.74) is 9.64. The van der Waals surface area contributed by atoms with Gasteiger partial charge in [-0.15, -0.1) is 0 Å². The zero-order valence-electron chi connectivity index (χ0n) is 19.5. The molecule has 1 heterocycles. The van der Waals surface area contributed by atoms with E-state index in [9.17, 15) is 13.2 Å². The van der Waals surface area contributed by atoms with Crippen LogP contribution in [-0.4, -0.2) is 19.3 Å². The van der Waals surface area contributed by atoms with Gasteiger partial charge in [-0.2, -0.15) is 0 Å². The molecule has 0 radical (unpaired) electrons. The van der Waals surface area contributed by atoms with Crippen LogP contribution in [0.4, 0.5) is 22.9 Å². The Morgan fingerprint density at radius 3 is 2.27 bits per heavy atom. The SMILES string of the molecule is Nc1nccc2ccc(Nc3ccccc3NC(=O)c3ccc(-c4ccccc4S(N)(=O)=O)cc3)cc12. The summed E-state index contributed by atoms with van der Waals surface area (Å²) >= 11 is 0. The van der Waals surface area contributed by atoms with Gasteiger partial charge in [-0.1, -0.05) is 48.5 Å². The van der Waals surface area contributed by atoms with E-state index in [2.05, 4.69) is 15.6 Å². The second-order valence-corrected chi connectivity index (χ2v) is 9.91. The number of nitrogens with zero attached hydrogens (tertiary/aromatic N) is 1. The molecule has 0 saturated heterocycles. The van der Waals surface area contributed by atoms with Crippen molar-refractivity contribution in [3.63, 3.8) is 0 Å². The molecular formula is C28H23N5O3S. The molecule has 0 atom stereocenters. The fourth-order valence-electron chi connectivity index (χ4n) is 4.07. The van der Waals surface area contributed by atoms with Gasteiger partial charge >= 0.3 is 0 Å². The molecule has 0 bridgehead atoms. The lowest BCUT2D eigenvalue weighted by Gasteiger charge is -2.14. The van der Waals surface area contributed by atoms with E-state index in [-0.39, 0.29) is 10.8 Å². The monoisotopic (exact) mass is 509 g/mol. The van der Waals surface area contributed by atoms with Crippen LogP contribution in [0.25, 0.3) is 21.9 Å². The second-order valence-electron chi connectivity index (χ2n) is 8.38. The van der Waals surface area contributed by atoms with Gasteiger partial charge in [0.25, 0.3) is 5.91 Å². The van der Waals surface area contributed by atoms with Crippen LogP contribution in [0.15, 0.2) is 108 Å². The third-order valence-corrected chi connectivity index (χ3v) is 6.87. The highest BCUT2D eigenvalue weighted by Crippen LogP contribution is 2.30. The van der Waals surface area contributed by atoms with Gasteiger partial charge in [0.05, 0.1) is 16.3 Å². The number of carbonyl (C=O) groups is 1. The van der Waals surface area contributed by atoms with Crippen LogP contribution in [0, 0.1) is 0 Å². The lowest BCUT2D eigenvalue weighted by molar-refractivity contribution is 0.102. The number of primary sulfonamides is 1. The van der Waals surface area contributed by atoms with Crippen molar-refractivity contribution in [2.45, 2.75) is 4.90 Å². The van der Waals surface area contributed by atoms with E-state index in [1.807, 2.05) is 42.5 Å². The molecule has 1 amide bonds. The number of anilines is 4. The molecule has 0 saturated carbocycles. The summed E-state index contributed by atoms with van der Waals surface area (Å²) in [4.78, 5) is 17.2. The third kappa shape index (κ3) is 5.13. The fourth-order valence-corrected chi connectivity index (χ4v) is 4.83. The number of nitrogen functional groups attached to an aromatic ring is 1. The Labute approximate surface area is 214 Å². The molecule has 37 heavy (non-hydrogen) atoms. The molecule has 4 aromatic carbocycles. The largest absolute Gasteiger partial charge is 0.383 e. The lowest BCUT2D eigenvalue weighted by Crippen LogP contribution is -2.14. The summed E-state index contributed by atoms with van der Waals surface area (Å²) in [5.74, 6) is 0.130. The van der Waals surface area contributed by atoms with Gasteiger partial charge in [-0.05, 0) is 59.5 Å². The molecule has 5 rings (SSSR count). The molecule has 0 aliphatic carbocycles. The number of benzene rings is 4. The lowest BCUT2D eigenvalue weighted by atomic mass is 10.0. The quantitative estimate of drug-likeness (QED) is 0.250. The van der Waals surface area contributed by atoms with Crippen LogP contribution in [0.3, 0.4) is 0 Å². The molecule has 0 aliphatic heterocycles. The van der Waals surface area contributed by atoms with Gasteiger partial charge in [0.15, 0.2) is 0 Å². The Bertz CT molecular complexity index is 1740. The second kappa shape index (κ2) is 9.73. The Morgan fingerprint density at radius 2 is 1.51 bits per heavy atom. The Morgan fingerprint density at radius 1 is 0.811 bits per heavy atom. The summed E-state index contributed by atoms with van der Waals surface area (Å²) in [6, 6.07) is 28.2. The average molecular weight is 510 g/mol. The van der Waals surface area contributed by atoms with E-state index in [1.54, 1.807) is 54.7 Å². The Kier molecular flexibility index (Phi) is 6.31. The van der Waals surface area contributed by atoms with Crippen molar-refractivity contribution < 1.29 is 13.2 Å². The van der Waals surface area contributed by atoms with E-state index in [0.29, 0.717) is 33.9 Å². The smallest absolute Gasteiger partial charge is 0.255 e. The van der Waals surface area contributed by atoms with Crippen LogP contribution < -0.4 is 21.5 Å². The van der Waals surface area contributed by atoms with Gasteiger partial charge < -0.3 is 16.4 Å². The molecular weight excluding hydrogens is 486 g/mol. The van der Waals surface area contributed by atoms with Crippen LogP contribution in [0.5, 0.6) is 0 Å². The molecule has 1 aromatic heterocycles. The number of hydrogen-bond donors (Lipinski definition) is 4. The summed E-state index contributed by atoms with van der Waals surface area (Å²) in [6.07, 6.45) is 1.67. The summed E-state index contributed by atoms with van der Waals surface area (Å²) in [6.45, 7) is 0. The van der Waals surface area contributed by atoms with Crippen molar-refractivity contribution in [1.29, 1.82) is 0 Å². The van der Waals surface area contributed by atoms with Crippen LogP contribution in [-0.2, 0) is 10.0 Å². The van der Waals surface area contributed by atoms with Crippen LogP contribution in [0.1, 0.15) is 10.4 Å². The maximum Gasteiger partial charge on any atom is 0.255 e. The first-order valence-electron chi connectivity index (χ1n) is 11.3. The van der Waals surface area contributed by atoms with Gasteiger partial charge in [-0.25, -0.2) is 18.5 Å². The molecule has 0 aliphatic rings. The summed E-state index contributed by atoms with van der Waals surface area (Å²) in [5, 5.41) is 13.4. The molecule has 0 fully saturated rings. The predicted molar refractivity (Wildman–Crippen MR) is 147 cm³/mol. The van der Waals surface area contributed by atoms with Crippen molar-refractivity contribution >= 4 is 49.6 Å². The van der Waals surface area contributed by atoms with Crippen molar-refractivity contribution in [2.75, 3.05) is 16.4 Å². The normalized spacial score (nSPS) is 11.3. The van der Waals surface area contributed by atoms with Crippen LogP contribution >= 0.6 is 0 Å². The molecule has 8 nitrogen and oxygen atoms in total. The topological polar surface area (TPSA) is 140 Å². The zero-order valence-corrected chi connectivity index (χ0v) is 20.4. The number of sulfonamides is 1. The van der Waals surface area contributed by atoms with Crippen molar-refractivity contribution in [2.24, 2.45) is 5.14 Å². The number of pyridine rings is 1. The summed E-state index contributed by atoms with van der Waals surface area (Å²) < 4.78 is 23.9. The number of fused-ring (bicyclic) bond motifs is 1. The number of para-hydroxylation sites is 2. The minimum Gasteiger partial charge on any atom is -0.383 e. The molecule has 5 aromatic rings. The van der Waals surface area contributed by atoms with E-state index < -0.39 is 10.0 Å². The number of rotatable bonds is 6. The first kappa shape index (κ1) is 24.0. The number of carbonyl (C=O) groups excluding carboxylic acids is 1. The van der Waals surface area contributed by atoms with Crippen molar-refractivity contribution in [3.05, 3.63) is 109 Å². The van der Waals surface area contributed by atoms with Crippen molar-refractivity contribution in [1.82, 2.24) is 4.98 Å². The standard InChI is InChI=1S/C28H23N5O3S/c29-27-23-17-21(14-13-19(23)15-16-31-27)32-24-6-2-3-7-25(24)33-28(34)20-11-9-18(10-12-20)22-5-1-4-8-26(22)37(30,35)36/h1-17,32H,(H2,29,31)(H,33,34)(H2,30,35,36). The minimum atomic E-state index is -3.89. The Balaban J connectivity index is 1.37. The molecule has 6 N–H and O–H groups in total. The first-order chi connectivity index (χ1) is 17.8. The van der Waals surface area contributed by atoms with E-state index >= 15 is 0 Å². The number of nitrogens with two attached hydrogens (primary N) is 2. The third-order valence-electron chi connectivity index (χ3n) is 5.90. The van der Waals surface area contributed by atoms with E-state index in [1.165, 1.54) is 6.07 Å². The fraction of sp³-hybridized carbons (Fsp3) is 0. The maximum absolute atomic E-state index is 13.0. The van der Waals surface area contributed by atoms with Crippen LogP contribution in [0.2, 0.25) is 0 Å². The maximum atomic E-state index is 13.0. The van der Waals surface area contributed by atoms with Gasteiger partial charge in [-0.3, -0.25) is 4.79 Å². The van der Waals surface area contributed by atoms with Gasteiger partial charge in [0.1, 0.15) is 5.82 Å². The van der Waals surface area contributed by atoms with E-state index in [4.69, 9.17) is 10.9 Å². The zero-order chi connectivity index (χ0) is 26.0. The van der Waals surface area contributed by atoms with E-state index in [0.717, 1.165) is 16.5 Å². The number of aromatic nitrogens is 1. The molecule has 184 valence electrons. The minimum absolute atomic E-state index is 0.0263. The van der Waals surface area contributed by atoms with Gasteiger partial charge in [0.2, 0.25) is 10.0 Å². The average Bonchev–Trinajstić information content (AvgIpc) is 2.90. The summed E-state index contributed by atoms with van der Waals surface area (Å²) in [7, 11) is -3.89. The highest BCUT2D eigenvalue weighted by atomic mass is 32.2. The first-order valence-corrected chi connectivity index (χ1v) is 12.9. The Hall–Kier alpha value is -4.73. The highest BCUT2D eigenvalue weighted by molar-refractivity contribution is 7.89. The molecule has 9 heteroatoms. The molecule has 0 spiro atoms. The van der Waals surface area contributed by atoms with Gasteiger partial charge in [0, 0.05) is 28.4 Å².